The van der Waals surface area contributed by atoms with Gasteiger partial charge in [-0.1, -0.05) is 12.8 Å². The molecule has 2 aliphatic rings. The number of hydrogen-bond acceptors (Lipinski definition) is 7. The third-order valence-corrected chi connectivity index (χ3v) is 5.07. The van der Waals surface area contributed by atoms with Crippen LogP contribution in [0.5, 0.6) is 0 Å². The van der Waals surface area contributed by atoms with Gasteiger partial charge in [-0.25, -0.2) is 4.79 Å². The molecule has 134 valence electrons. The van der Waals surface area contributed by atoms with E-state index in [0.717, 1.165) is 12.8 Å². The highest BCUT2D eigenvalue weighted by Gasteiger charge is 2.55. The molecule has 3 N–H and O–H groups in total. The molecule has 3 unspecified atom stereocenters. The van der Waals surface area contributed by atoms with Gasteiger partial charge in [0.1, 0.15) is 6.61 Å². The minimum atomic E-state index is -5.93. The lowest BCUT2D eigenvalue weighted by molar-refractivity contribution is -0.209. The largest absolute Gasteiger partial charge is 0.430 e. The first kappa shape index (κ1) is 18.5. The predicted molar refractivity (Wildman–Crippen MR) is 69.9 cm³/mol. The summed E-state index contributed by atoms with van der Waals surface area (Å²) < 4.78 is 63.9. The normalized spacial score (nSPS) is 28.4. The van der Waals surface area contributed by atoms with E-state index in [2.05, 4.69) is 4.74 Å². The number of halogens is 2. The molecule has 0 radical (unpaired) electrons. The molecule has 8 nitrogen and oxygen atoms in total. The summed E-state index contributed by atoms with van der Waals surface area (Å²) >= 11 is 0. The lowest BCUT2D eigenvalue weighted by Gasteiger charge is -2.22. The van der Waals surface area contributed by atoms with Crippen LogP contribution in [0.15, 0.2) is 0 Å². The number of aliphatic hydroxyl groups is 2. The Hall–Kier alpha value is -0.880. The van der Waals surface area contributed by atoms with Crippen molar-refractivity contribution in [2.45, 2.75) is 55.4 Å². The van der Waals surface area contributed by atoms with Gasteiger partial charge in [0.2, 0.25) is 0 Å². The van der Waals surface area contributed by atoms with Crippen LogP contribution in [-0.2, 0) is 24.4 Å². The van der Waals surface area contributed by atoms with Gasteiger partial charge in [0, 0.05) is 5.92 Å². The van der Waals surface area contributed by atoms with Crippen molar-refractivity contribution in [3.63, 3.8) is 0 Å². The van der Waals surface area contributed by atoms with Crippen molar-refractivity contribution in [3.8, 4) is 0 Å². The van der Waals surface area contributed by atoms with E-state index in [0.29, 0.717) is 19.3 Å². The molecule has 0 saturated heterocycles. The molecule has 0 bridgehead atoms. The molecule has 0 heterocycles. The zero-order chi connectivity index (χ0) is 17.5. The summed E-state index contributed by atoms with van der Waals surface area (Å²) in [5, 5.41) is 14.1. The van der Waals surface area contributed by atoms with Crippen molar-refractivity contribution in [1.82, 2.24) is 0 Å². The van der Waals surface area contributed by atoms with E-state index in [1.54, 1.807) is 0 Å². The number of aliphatic hydroxyl groups excluding tert-OH is 1. The molecule has 2 aliphatic carbocycles. The Balaban J connectivity index is 1.76. The van der Waals surface area contributed by atoms with Crippen molar-refractivity contribution in [3.05, 3.63) is 0 Å². The smallest absolute Gasteiger partial charge is 0.426 e. The summed E-state index contributed by atoms with van der Waals surface area (Å²) in [6.45, 7) is -0.782. The van der Waals surface area contributed by atoms with E-state index in [-0.39, 0.29) is 5.92 Å². The summed E-state index contributed by atoms with van der Waals surface area (Å²) in [5.74, 6) is -1.55. The number of carbonyl (C=O) groups is 1. The highest BCUT2D eigenvalue weighted by Crippen LogP contribution is 2.49. The Morgan fingerprint density at radius 3 is 2.43 bits per heavy atom. The Bertz CT molecular complexity index is 557. The number of carbonyl (C=O) groups excluding carboxylic acids is 1. The minimum Gasteiger partial charge on any atom is -0.426 e. The quantitative estimate of drug-likeness (QED) is 0.330. The van der Waals surface area contributed by atoms with Crippen LogP contribution in [0, 0.1) is 5.92 Å². The topological polar surface area (TPSA) is 130 Å². The zero-order valence-electron chi connectivity index (χ0n) is 12.0. The second kappa shape index (κ2) is 6.20. The first-order chi connectivity index (χ1) is 10.5. The Morgan fingerprint density at radius 1 is 1.35 bits per heavy atom. The van der Waals surface area contributed by atoms with E-state index >= 15 is 0 Å². The van der Waals surface area contributed by atoms with Gasteiger partial charge < -0.3 is 19.7 Å². The third-order valence-electron chi connectivity index (χ3n) is 4.18. The number of hydrogen-bond donors (Lipinski definition) is 3. The maximum absolute atomic E-state index is 13.0. The summed E-state index contributed by atoms with van der Waals surface area (Å²) in [4.78, 5) is 11.3. The molecule has 23 heavy (non-hydrogen) atoms. The lowest BCUT2D eigenvalue weighted by Crippen LogP contribution is -2.44. The first-order valence-electron chi connectivity index (χ1n) is 7.04. The van der Waals surface area contributed by atoms with E-state index in [1.165, 1.54) is 0 Å². The average molecular weight is 360 g/mol. The average Bonchev–Trinajstić information content (AvgIpc) is 3.09. The van der Waals surface area contributed by atoms with Crippen LogP contribution in [0.1, 0.15) is 32.1 Å². The number of esters is 1. The highest BCUT2D eigenvalue weighted by molar-refractivity contribution is 7.86. The second-order valence-electron chi connectivity index (χ2n) is 5.88. The van der Waals surface area contributed by atoms with Gasteiger partial charge >= 0.3 is 21.3 Å². The molecule has 0 spiro atoms. The predicted octanol–water partition coefficient (Wildman–Crippen LogP) is 0.0388. The van der Waals surface area contributed by atoms with Gasteiger partial charge in [0.25, 0.3) is 6.29 Å². The van der Waals surface area contributed by atoms with Crippen molar-refractivity contribution < 1.29 is 46.2 Å². The standard InChI is InChI=1S/C12H18F2O8S/c13-12(14,23(18,19)20)10(16)22-9(15)6-21-8-5-7(8)11(17)3-1-2-4-11/h7-8,10,16-17H,1-6H2,(H,18,19,20). The first-order valence-corrected chi connectivity index (χ1v) is 8.48. The SMILES string of the molecule is O=C(COC1CC1C1(O)CCCC1)OC(O)C(F)(F)S(=O)(=O)O. The Kier molecular flexibility index (Phi) is 4.98. The van der Waals surface area contributed by atoms with Crippen LogP contribution in [0.2, 0.25) is 0 Å². The van der Waals surface area contributed by atoms with Crippen LogP contribution in [0.4, 0.5) is 8.78 Å². The number of ether oxygens (including phenoxy) is 2. The Labute approximate surface area is 131 Å². The summed E-state index contributed by atoms with van der Waals surface area (Å²) in [7, 11) is -5.93. The van der Waals surface area contributed by atoms with E-state index in [4.69, 9.17) is 14.4 Å². The fourth-order valence-electron chi connectivity index (χ4n) is 2.81. The monoisotopic (exact) mass is 360 g/mol. The van der Waals surface area contributed by atoms with Gasteiger partial charge in [0.05, 0.1) is 11.7 Å². The number of rotatable bonds is 7. The minimum absolute atomic E-state index is 0.137. The molecule has 2 saturated carbocycles. The highest BCUT2D eigenvalue weighted by atomic mass is 32.2. The van der Waals surface area contributed by atoms with Gasteiger partial charge in [0.15, 0.2) is 0 Å². The molecule has 2 rings (SSSR count). The molecule has 0 amide bonds. The summed E-state index contributed by atoms with van der Waals surface area (Å²) in [6.07, 6.45) is -0.152. The van der Waals surface area contributed by atoms with Crippen molar-refractivity contribution in [1.29, 1.82) is 0 Å². The van der Waals surface area contributed by atoms with E-state index in [1.807, 2.05) is 0 Å². The van der Waals surface area contributed by atoms with Crippen LogP contribution >= 0.6 is 0 Å². The molecule has 2 fully saturated rings. The third kappa shape index (κ3) is 3.97. The van der Waals surface area contributed by atoms with E-state index < -0.39 is 45.9 Å². The molecule has 11 heteroatoms. The lowest BCUT2D eigenvalue weighted by atomic mass is 9.96. The molecule has 0 aromatic rings. The van der Waals surface area contributed by atoms with Gasteiger partial charge in [-0.2, -0.15) is 17.2 Å². The van der Waals surface area contributed by atoms with Gasteiger partial charge in [-0.3, -0.25) is 4.55 Å². The molecule has 3 atom stereocenters. The maximum Gasteiger partial charge on any atom is 0.430 e. The van der Waals surface area contributed by atoms with Crippen LogP contribution < -0.4 is 0 Å². The second-order valence-corrected chi connectivity index (χ2v) is 7.38. The van der Waals surface area contributed by atoms with Crippen molar-refractivity contribution >= 4 is 16.1 Å². The van der Waals surface area contributed by atoms with Crippen LogP contribution in [0.3, 0.4) is 0 Å². The van der Waals surface area contributed by atoms with Crippen LogP contribution in [0.25, 0.3) is 0 Å². The molecule has 0 aromatic heterocycles. The summed E-state index contributed by atoms with van der Waals surface area (Å²) in [6, 6.07) is 0. The van der Waals surface area contributed by atoms with Gasteiger partial charge in [-0.15, -0.1) is 0 Å². The molecular weight excluding hydrogens is 342 g/mol. The zero-order valence-corrected chi connectivity index (χ0v) is 12.8. The fraction of sp³-hybridized carbons (Fsp3) is 0.917. The molecule has 0 aliphatic heterocycles. The van der Waals surface area contributed by atoms with Crippen molar-refractivity contribution in [2.24, 2.45) is 5.92 Å². The summed E-state index contributed by atoms with van der Waals surface area (Å²) in [5.41, 5.74) is -0.827. The van der Waals surface area contributed by atoms with Crippen LogP contribution in [-0.4, -0.2) is 59.0 Å². The van der Waals surface area contributed by atoms with Crippen molar-refractivity contribution in [2.75, 3.05) is 6.61 Å². The molecule has 0 aromatic carbocycles. The van der Waals surface area contributed by atoms with E-state index in [9.17, 15) is 27.1 Å². The maximum atomic E-state index is 13.0. The van der Waals surface area contributed by atoms with Gasteiger partial charge in [-0.05, 0) is 19.3 Å². The molecular formula is C12H18F2O8S. The Morgan fingerprint density at radius 2 is 1.91 bits per heavy atom. The number of alkyl halides is 2. The fourth-order valence-corrected chi connectivity index (χ4v) is 3.11.